The van der Waals surface area contributed by atoms with Crippen molar-refractivity contribution in [2.45, 2.75) is 25.4 Å². The van der Waals surface area contributed by atoms with Gasteiger partial charge in [-0.25, -0.2) is 4.39 Å². The Morgan fingerprint density at radius 2 is 2.26 bits per heavy atom. The van der Waals surface area contributed by atoms with E-state index in [1.807, 2.05) is 0 Å². The number of nitrogens with zero attached hydrogens (tertiary/aromatic N) is 1. The minimum atomic E-state index is -0.534. The van der Waals surface area contributed by atoms with Gasteiger partial charge in [-0.15, -0.1) is 0 Å². The molecule has 1 aromatic carbocycles. The average Bonchev–Trinajstić information content (AvgIpc) is 2.38. The van der Waals surface area contributed by atoms with E-state index in [9.17, 15) is 9.18 Å². The van der Waals surface area contributed by atoms with E-state index in [1.165, 1.54) is 17.0 Å². The maximum absolute atomic E-state index is 13.0. The monoisotopic (exact) mass is 268 g/mol. The van der Waals surface area contributed by atoms with Crippen LogP contribution in [0, 0.1) is 5.82 Å². The second-order valence-electron chi connectivity index (χ2n) is 4.57. The SMILES string of the molecule is COCCCC(N)C(=O)N(C)Cc1cccc(F)c1. The third kappa shape index (κ3) is 5.36. The van der Waals surface area contributed by atoms with Gasteiger partial charge >= 0.3 is 0 Å². The molecule has 106 valence electrons. The standard InChI is InChI=1S/C14H21FN2O2/c1-17(10-11-5-3-6-12(15)9-11)14(18)13(16)7-4-8-19-2/h3,5-6,9,13H,4,7-8,10,16H2,1-2H3. The molecular weight excluding hydrogens is 247 g/mol. The molecule has 0 heterocycles. The van der Waals surface area contributed by atoms with Crippen LogP contribution in [0.5, 0.6) is 0 Å². The van der Waals surface area contributed by atoms with E-state index in [-0.39, 0.29) is 11.7 Å². The largest absolute Gasteiger partial charge is 0.385 e. The number of nitrogens with two attached hydrogens (primary N) is 1. The minimum Gasteiger partial charge on any atom is -0.385 e. The van der Waals surface area contributed by atoms with Gasteiger partial charge in [0.2, 0.25) is 5.91 Å². The lowest BCUT2D eigenvalue weighted by molar-refractivity contribution is -0.132. The summed E-state index contributed by atoms with van der Waals surface area (Å²) in [5, 5.41) is 0. The number of halogens is 1. The maximum Gasteiger partial charge on any atom is 0.239 e. The van der Waals surface area contributed by atoms with Crippen molar-refractivity contribution in [3.8, 4) is 0 Å². The number of benzene rings is 1. The Morgan fingerprint density at radius 3 is 2.89 bits per heavy atom. The minimum absolute atomic E-state index is 0.139. The van der Waals surface area contributed by atoms with Crippen molar-refractivity contribution in [2.75, 3.05) is 20.8 Å². The Balaban J connectivity index is 2.48. The molecule has 1 rings (SSSR count). The molecule has 0 spiro atoms. The van der Waals surface area contributed by atoms with E-state index < -0.39 is 6.04 Å². The highest BCUT2D eigenvalue weighted by Crippen LogP contribution is 2.08. The molecular formula is C14H21FN2O2. The van der Waals surface area contributed by atoms with Crippen molar-refractivity contribution in [3.63, 3.8) is 0 Å². The molecule has 0 saturated heterocycles. The predicted octanol–water partition coefficient (Wildman–Crippen LogP) is 1.54. The zero-order chi connectivity index (χ0) is 14.3. The second-order valence-corrected chi connectivity index (χ2v) is 4.57. The smallest absolute Gasteiger partial charge is 0.239 e. The van der Waals surface area contributed by atoms with Crippen molar-refractivity contribution in [3.05, 3.63) is 35.6 Å². The van der Waals surface area contributed by atoms with Crippen molar-refractivity contribution in [1.29, 1.82) is 0 Å². The van der Waals surface area contributed by atoms with Crippen LogP contribution in [0.1, 0.15) is 18.4 Å². The molecule has 19 heavy (non-hydrogen) atoms. The maximum atomic E-state index is 13.0. The van der Waals surface area contributed by atoms with Gasteiger partial charge in [-0.3, -0.25) is 4.79 Å². The summed E-state index contributed by atoms with van der Waals surface area (Å²) in [6.07, 6.45) is 1.33. The first-order valence-corrected chi connectivity index (χ1v) is 6.28. The fourth-order valence-corrected chi connectivity index (χ4v) is 1.84. The summed E-state index contributed by atoms with van der Waals surface area (Å²) in [6.45, 7) is 0.948. The number of amides is 1. The highest BCUT2D eigenvalue weighted by atomic mass is 19.1. The number of hydrogen-bond acceptors (Lipinski definition) is 3. The fourth-order valence-electron chi connectivity index (χ4n) is 1.84. The third-order valence-corrected chi connectivity index (χ3v) is 2.87. The molecule has 0 bridgehead atoms. The zero-order valence-electron chi connectivity index (χ0n) is 11.4. The third-order valence-electron chi connectivity index (χ3n) is 2.87. The summed E-state index contributed by atoms with van der Waals surface area (Å²) in [4.78, 5) is 13.5. The van der Waals surface area contributed by atoms with Crippen LogP contribution in [0.15, 0.2) is 24.3 Å². The Kier molecular flexibility index (Phi) is 6.45. The highest BCUT2D eigenvalue weighted by molar-refractivity contribution is 5.81. The van der Waals surface area contributed by atoms with E-state index >= 15 is 0 Å². The quantitative estimate of drug-likeness (QED) is 0.763. The summed E-state index contributed by atoms with van der Waals surface area (Å²) >= 11 is 0. The first-order chi connectivity index (χ1) is 9.04. The van der Waals surface area contributed by atoms with Crippen LogP contribution in [-0.4, -0.2) is 37.6 Å². The molecule has 1 unspecified atom stereocenters. The van der Waals surface area contributed by atoms with Gasteiger partial charge in [-0.1, -0.05) is 12.1 Å². The van der Waals surface area contributed by atoms with Crippen LogP contribution >= 0.6 is 0 Å². The molecule has 5 heteroatoms. The molecule has 0 radical (unpaired) electrons. The van der Waals surface area contributed by atoms with Crippen LogP contribution in [0.25, 0.3) is 0 Å². The van der Waals surface area contributed by atoms with Gasteiger partial charge in [-0.2, -0.15) is 0 Å². The van der Waals surface area contributed by atoms with Crippen LogP contribution < -0.4 is 5.73 Å². The fraction of sp³-hybridized carbons (Fsp3) is 0.500. The lowest BCUT2D eigenvalue weighted by Crippen LogP contribution is -2.41. The normalized spacial score (nSPS) is 12.2. The van der Waals surface area contributed by atoms with Crippen LogP contribution in [0.2, 0.25) is 0 Å². The Bertz CT molecular complexity index is 412. The molecule has 2 N–H and O–H groups in total. The lowest BCUT2D eigenvalue weighted by atomic mass is 10.1. The Hall–Kier alpha value is -1.46. The van der Waals surface area contributed by atoms with Gasteiger partial charge < -0.3 is 15.4 Å². The summed E-state index contributed by atoms with van der Waals surface area (Å²) in [5.41, 5.74) is 6.57. The average molecular weight is 268 g/mol. The van der Waals surface area contributed by atoms with Gasteiger partial charge in [0.25, 0.3) is 0 Å². The van der Waals surface area contributed by atoms with Crippen molar-refractivity contribution < 1.29 is 13.9 Å². The van der Waals surface area contributed by atoms with E-state index in [1.54, 1.807) is 26.3 Å². The molecule has 1 amide bonds. The molecule has 0 aliphatic carbocycles. The number of hydrogen-bond donors (Lipinski definition) is 1. The lowest BCUT2D eigenvalue weighted by Gasteiger charge is -2.21. The zero-order valence-corrected chi connectivity index (χ0v) is 11.4. The number of methoxy groups -OCH3 is 1. The second kappa shape index (κ2) is 7.86. The first-order valence-electron chi connectivity index (χ1n) is 6.28. The van der Waals surface area contributed by atoms with Crippen LogP contribution in [0.4, 0.5) is 4.39 Å². The number of carbonyl (C=O) groups is 1. The number of likely N-dealkylation sites (N-methyl/N-ethyl adjacent to an activating group) is 1. The van der Waals surface area contributed by atoms with Crippen molar-refractivity contribution in [1.82, 2.24) is 4.90 Å². The van der Waals surface area contributed by atoms with E-state index in [2.05, 4.69) is 0 Å². The first kappa shape index (κ1) is 15.6. The Labute approximate surface area is 113 Å². The predicted molar refractivity (Wildman–Crippen MR) is 72.0 cm³/mol. The molecule has 0 saturated carbocycles. The van der Waals surface area contributed by atoms with Crippen LogP contribution in [-0.2, 0) is 16.1 Å². The van der Waals surface area contributed by atoms with E-state index in [4.69, 9.17) is 10.5 Å². The molecule has 0 fully saturated rings. The van der Waals surface area contributed by atoms with Gasteiger partial charge in [-0.05, 0) is 30.5 Å². The van der Waals surface area contributed by atoms with Gasteiger partial charge in [0.15, 0.2) is 0 Å². The van der Waals surface area contributed by atoms with Crippen molar-refractivity contribution >= 4 is 5.91 Å². The Morgan fingerprint density at radius 1 is 1.53 bits per heavy atom. The summed E-state index contributed by atoms with van der Waals surface area (Å²) in [6, 6.07) is 5.67. The van der Waals surface area contributed by atoms with Crippen molar-refractivity contribution in [2.24, 2.45) is 5.73 Å². The molecule has 0 aromatic heterocycles. The summed E-state index contributed by atoms with van der Waals surface area (Å²) in [7, 11) is 3.28. The number of carbonyl (C=O) groups excluding carboxylic acids is 1. The highest BCUT2D eigenvalue weighted by Gasteiger charge is 2.17. The van der Waals surface area contributed by atoms with E-state index in [0.717, 1.165) is 12.0 Å². The molecule has 1 aromatic rings. The number of rotatable bonds is 7. The number of ether oxygens (including phenoxy) is 1. The summed E-state index contributed by atoms with van der Waals surface area (Å²) in [5.74, 6) is -0.442. The molecule has 1 atom stereocenters. The van der Waals surface area contributed by atoms with Gasteiger partial charge in [0.1, 0.15) is 5.82 Å². The summed E-state index contributed by atoms with van der Waals surface area (Å²) < 4.78 is 18.0. The van der Waals surface area contributed by atoms with Crippen LogP contribution in [0.3, 0.4) is 0 Å². The van der Waals surface area contributed by atoms with Gasteiger partial charge in [0.05, 0.1) is 6.04 Å². The topological polar surface area (TPSA) is 55.6 Å². The molecule has 0 aliphatic rings. The molecule has 4 nitrogen and oxygen atoms in total. The van der Waals surface area contributed by atoms with Gasteiger partial charge in [0, 0.05) is 27.3 Å². The van der Waals surface area contributed by atoms with E-state index in [0.29, 0.717) is 19.6 Å². The molecule has 0 aliphatic heterocycles.